The Morgan fingerprint density at radius 3 is 2.68 bits per heavy atom. The second-order valence-electron chi connectivity index (χ2n) is 5.35. The van der Waals surface area contributed by atoms with E-state index in [9.17, 15) is 9.18 Å². The molecule has 1 saturated heterocycles. The number of piperidine rings is 1. The molecule has 2 rings (SSSR count). The third-order valence-corrected chi connectivity index (χ3v) is 4.45. The van der Waals surface area contributed by atoms with Gasteiger partial charge in [-0.1, -0.05) is 15.9 Å². The maximum atomic E-state index is 13.8. The van der Waals surface area contributed by atoms with Crippen molar-refractivity contribution >= 4 is 34.2 Å². The first-order chi connectivity index (χ1) is 9.98. The highest BCUT2D eigenvalue weighted by Crippen LogP contribution is 2.26. The number of nitrogens with one attached hydrogen (secondary N) is 1. The van der Waals surface area contributed by atoms with Gasteiger partial charge in [0.1, 0.15) is 11.4 Å². The molecule has 0 spiro atoms. The Morgan fingerprint density at radius 1 is 1.45 bits per heavy atom. The molecule has 4 nitrogen and oxygen atoms in total. The van der Waals surface area contributed by atoms with E-state index in [2.05, 4.69) is 21.2 Å². The summed E-state index contributed by atoms with van der Waals surface area (Å²) in [5, 5.41) is 3.22. The van der Waals surface area contributed by atoms with Gasteiger partial charge < -0.3 is 15.0 Å². The zero-order chi connectivity index (χ0) is 15.5. The minimum Gasteiger partial charge on any atom is -0.368 e. The summed E-state index contributed by atoms with van der Waals surface area (Å²) < 4.78 is 20.1. The number of halogens is 3. The minimum atomic E-state index is -0.789. The molecule has 124 valence electrons. The van der Waals surface area contributed by atoms with Gasteiger partial charge in [0.2, 0.25) is 0 Å². The van der Waals surface area contributed by atoms with E-state index in [1.807, 2.05) is 0 Å². The zero-order valence-corrected chi connectivity index (χ0v) is 15.1. The molecule has 0 unspecified atom stereocenters. The molecule has 1 aliphatic heterocycles. The van der Waals surface area contributed by atoms with Crippen LogP contribution in [-0.2, 0) is 16.1 Å². The lowest BCUT2D eigenvalue weighted by atomic mass is 9.90. The fourth-order valence-corrected chi connectivity index (χ4v) is 3.08. The van der Waals surface area contributed by atoms with Crippen molar-refractivity contribution in [3.05, 3.63) is 34.1 Å². The van der Waals surface area contributed by atoms with Crippen molar-refractivity contribution < 1.29 is 13.9 Å². The predicted molar refractivity (Wildman–Crippen MR) is 89.7 cm³/mol. The van der Waals surface area contributed by atoms with Gasteiger partial charge in [-0.3, -0.25) is 4.79 Å². The third-order valence-electron chi connectivity index (χ3n) is 3.95. The van der Waals surface area contributed by atoms with Crippen LogP contribution in [0.4, 0.5) is 4.39 Å². The van der Waals surface area contributed by atoms with Crippen LogP contribution >= 0.6 is 28.3 Å². The Labute approximate surface area is 144 Å². The first-order valence-corrected chi connectivity index (χ1v) is 7.73. The van der Waals surface area contributed by atoms with Crippen molar-refractivity contribution in [1.82, 2.24) is 10.2 Å². The quantitative estimate of drug-likeness (QED) is 0.852. The van der Waals surface area contributed by atoms with Crippen LogP contribution in [0, 0.1) is 5.82 Å². The van der Waals surface area contributed by atoms with Gasteiger partial charge >= 0.3 is 0 Å². The fourth-order valence-electron chi connectivity index (χ4n) is 2.68. The number of hydrogen-bond acceptors (Lipinski definition) is 3. The number of benzene rings is 1. The maximum absolute atomic E-state index is 13.8. The second kappa shape index (κ2) is 8.24. The summed E-state index contributed by atoms with van der Waals surface area (Å²) in [5.74, 6) is -0.402. The van der Waals surface area contributed by atoms with Crippen LogP contribution in [0.1, 0.15) is 18.4 Å². The normalized spacial score (nSPS) is 16.7. The summed E-state index contributed by atoms with van der Waals surface area (Å²) in [6, 6.07) is 4.74. The molecule has 0 radical (unpaired) electrons. The van der Waals surface area contributed by atoms with Crippen LogP contribution in [0.15, 0.2) is 22.7 Å². The standard InChI is InChI=1S/C15H20BrFN2O2.ClH/c1-19(10-11-9-12(16)3-4-13(11)17)14(20)15(21-2)5-7-18-8-6-15;/h3-4,9,18H,5-8,10H2,1-2H3;1H. The van der Waals surface area contributed by atoms with Gasteiger partial charge in [0.05, 0.1) is 0 Å². The summed E-state index contributed by atoms with van der Waals surface area (Å²) in [6.45, 7) is 1.72. The number of carbonyl (C=O) groups excluding carboxylic acids is 1. The second-order valence-corrected chi connectivity index (χ2v) is 6.26. The molecule has 0 aromatic heterocycles. The van der Waals surface area contributed by atoms with Crippen LogP contribution in [0.5, 0.6) is 0 Å². The lowest BCUT2D eigenvalue weighted by molar-refractivity contribution is -0.157. The first kappa shape index (κ1) is 19.4. The molecule has 1 N–H and O–H groups in total. The number of rotatable bonds is 4. The van der Waals surface area contributed by atoms with Gasteiger partial charge in [-0.05, 0) is 44.1 Å². The van der Waals surface area contributed by atoms with Crippen LogP contribution in [0.2, 0.25) is 0 Å². The lowest BCUT2D eigenvalue weighted by Gasteiger charge is -2.37. The highest BCUT2D eigenvalue weighted by atomic mass is 79.9. The number of hydrogen-bond donors (Lipinski definition) is 1. The SMILES string of the molecule is COC1(C(=O)N(C)Cc2cc(Br)ccc2F)CCNCC1.Cl. The number of likely N-dealkylation sites (N-methyl/N-ethyl adjacent to an activating group) is 1. The first-order valence-electron chi connectivity index (χ1n) is 6.94. The Balaban J connectivity index is 0.00000242. The van der Waals surface area contributed by atoms with E-state index in [0.717, 1.165) is 17.6 Å². The average molecular weight is 396 g/mol. The van der Waals surface area contributed by atoms with Crippen LogP contribution in [-0.4, -0.2) is 43.7 Å². The van der Waals surface area contributed by atoms with Gasteiger partial charge in [0.15, 0.2) is 0 Å². The molecular formula is C15H21BrClFN2O2. The maximum Gasteiger partial charge on any atom is 0.254 e. The molecule has 0 bridgehead atoms. The van der Waals surface area contributed by atoms with E-state index < -0.39 is 5.60 Å². The van der Waals surface area contributed by atoms with E-state index >= 15 is 0 Å². The predicted octanol–water partition coefficient (Wildman–Crippen LogP) is 2.74. The lowest BCUT2D eigenvalue weighted by Crippen LogP contribution is -2.54. The Morgan fingerprint density at radius 2 is 2.09 bits per heavy atom. The van der Waals surface area contributed by atoms with E-state index in [1.165, 1.54) is 6.07 Å². The van der Waals surface area contributed by atoms with Crippen molar-refractivity contribution in [3.8, 4) is 0 Å². The van der Waals surface area contributed by atoms with E-state index in [1.54, 1.807) is 31.2 Å². The minimum absolute atomic E-state index is 0. The van der Waals surface area contributed by atoms with Crippen molar-refractivity contribution in [2.24, 2.45) is 0 Å². The molecule has 0 saturated carbocycles. The summed E-state index contributed by atoms with van der Waals surface area (Å²) in [4.78, 5) is 14.2. The average Bonchev–Trinajstić information content (AvgIpc) is 2.50. The van der Waals surface area contributed by atoms with Crippen molar-refractivity contribution in [1.29, 1.82) is 0 Å². The van der Waals surface area contributed by atoms with Gasteiger partial charge in [0, 0.05) is 30.7 Å². The number of carbonyl (C=O) groups is 1. The van der Waals surface area contributed by atoms with Crippen molar-refractivity contribution in [3.63, 3.8) is 0 Å². The summed E-state index contributed by atoms with van der Waals surface area (Å²) >= 11 is 3.32. The van der Waals surface area contributed by atoms with E-state index in [4.69, 9.17) is 4.74 Å². The topological polar surface area (TPSA) is 41.6 Å². The molecule has 0 aliphatic carbocycles. The molecule has 1 amide bonds. The monoisotopic (exact) mass is 394 g/mol. The zero-order valence-electron chi connectivity index (χ0n) is 12.7. The largest absolute Gasteiger partial charge is 0.368 e. The third kappa shape index (κ3) is 4.19. The summed E-state index contributed by atoms with van der Waals surface area (Å²) in [6.07, 6.45) is 1.27. The molecule has 1 aromatic rings. The number of amides is 1. The Kier molecular flexibility index (Phi) is 7.25. The number of nitrogens with zero attached hydrogens (tertiary/aromatic N) is 1. The highest BCUT2D eigenvalue weighted by molar-refractivity contribution is 9.10. The molecule has 1 aromatic carbocycles. The molecule has 0 atom stereocenters. The Bertz CT molecular complexity index is 524. The molecule has 1 fully saturated rings. The molecule has 7 heteroatoms. The van der Waals surface area contributed by atoms with Gasteiger partial charge in [0.25, 0.3) is 5.91 Å². The summed E-state index contributed by atoms with van der Waals surface area (Å²) in [7, 11) is 3.25. The smallest absolute Gasteiger partial charge is 0.254 e. The van der Waals surface area contributed by atoms with Crippen molar-refractivity contribution in [2.45, 2.75) is 25.0 Å². The Hall–Kier alpha value is -0.690. The molecule has 1 aliphatic rings. The summed E-state index contributed by atoms with van der Waals surface area (Å²) in [5.41, 5.74) is -0.303. The van der Waals surface area contributed by atoms with E-state index in [-0.39, 0.29) is 30.7 Å². The van der Waals surface area contributed by atoms with E-state index in [0.29, 0.717) is 18.4 Å². The number of methoxy groups -OCH3 is 1. The molecule has 22 heavy (non-hydrogen) atoms. The fraction of sp³-hybridized carbons (Fsp3) is 0.533. The van der Waals surface area contributed by atoms with Crippen LogP contribution in [0.25, 0.3) is 0 Å². The number of ether oxygens (including phenoxy) is 1. The van der Waals surface area contributed by atoms with Gasteiger partial charge in [-0.2, -0.15) is 0 Å². The van der Waals surface area contributed by atoms with Crippen LogP contribution < -0.4 is 5.32 Å². The van der Waals surface area contributed by atoms with Gasteiger partial charge in [-0.25, -0.2) is 4.39 Å². The van der Waals surface area contributed by atoms with Crippen LogP contribution in [0.3, 0.4) is 0 Å². The highest BCUT2D eigenvalue weighted by Gasteiger charge is 2.41. The molecular weight excluding hydrogens is 375 g/mol. The van der Waals surface area contributed by atoms with Gasteiger partial charge in [-0.15, -0.1) is 12.4 Å². The molecule has 1 heterocycles. The van der Waals surface area contributed by atoms with Crippen molar-refractivity contribution in [2.75, 3.05) is 27.2 Å².